The van der Waals surface area contributed by atoms with Crippen molar-refractivity contribution in [2.24, 2.45) is 5.16 Å². The van der Waals surface area contributed by atoms with E-state index < -0.39 is 0 Å². The molecule has 2 heterocycles. The highest BCUT2D eigenvalue weighted by molar-refractivity contribution is 6.06. The number of Topliss-reactive ketones (excluding diaryl/α,β-unsaturated/α-hetero) is 1. The van der Waals surface area contributed by atoms with Crippen molar-refractivity contribution in [1.29, 1.82) is 0 Å². The van der Waals surface area contributed by atoms with Crippen molar-refractivity contribution in [3.05, 3.63) is 29.3 Å². The molecular formula is C13H14N2O3. The van der Waals surface area contributed by atoms with Crippen LogP contribution in [0.2, 0.25) is 0 Å². The minimum atomic E-state index is -0.185. The molecule has 1 saturated heterocycles. The van der Waals surface area contributed by atoms with Crippen LogP contribution in [0.15, 0.2) is 23.4 Å². The molecule has 0 amide bonds. The van der Waals surface area contributed by atoms with Crippen LogP contribution in [0, 0.1) is 0 Å². The smallest absolute Gasteiger partial charge is 0.185 e. The van der Waals surface area contributed by atoms with E-state index in [1.165, 1.54) is 0 Å². The van der Waals surface area contributed by atoms with Crippen molar-refractivity contribution in [3.8, 4) is 5.75 Å². The van der Waals surface area contributed by atoms with Gasteiger partial charge in [0.1, 0.15) is 11.6 Å². The van der Waals surface area contributed by atoms with Crippen LogP contribution in [0.5, 0.6) is 5.75 Å². The zero-order chi connectivity index (χ0) is 12.7. The molecule has 1 fully saturated rings. The number of methoxy groups -OCH3 is 1. The summed E-state index contributed by atoms with van der Waals surface area (Å²) in [5, 5.41) is 12.2. The van der Waals surface area contributed by atoms with E-state index in [1.54, 1.807) is 13.2 Å². The Hall–Kier alpha value is -2.04. The summed E-state index contributed by atoms with van der Waals surface area (Å²) in [6.07, 6.45) is 1.37. The second-order valence-corrected chi connectivity index (χ2v) is 4.59. The highest BCUT2D eigenvalue weighted by atomic mass is 16.5. The topological polar surface area (TPSA) is 62.1 Å². The average Bonchev–Trinajstić information content (AvgIpc) is 2.82. The van der Waals surface area contributed by atoms with Crippen molar-refractivity contribution in [3.63, 3.8) is 0 Å². The predicted molar refractivity (Wildman–Crippen MR) is 65.1 cm³/mol. The number of oxime groups is 1. The number of hydrogen-bond donors (Lipinski definition) is 1. The number of carbonyl (C=O) groups excluding carboxylic acids is 1. The summed E-state index contributed by atoms with van der Waals surface area (Å²) in [4.78, 5) is 14.3. The predicted octanol–water partition coefficient (Wildman–Crippen LogP) is 1.64. The lowest BCUT2D eigenvalue weighted by molar-refractivity contribution is 0.0872. The van der Waals surface area contributed by atoms with Crippen LogP contribution in [0.1, 0.15) is 28.8 Å². The third-order valence-corrected chi connectivity index (χ3v) is 3.69. The molecular weight excluding hydrogens is 232 g/mol. The number of rotatable bonds is 1. The maximum atomic E-state index is 12.4. The van der Waals surface area contributed by atoms with Gasteiger partial charge in [0.25, 0.3) is 0 Å². The van der Waals surface area contributed by atoms with Crippen LogP contribution in [-0.2, 0) is 6.54 Å². The van der Waals surface area contributed by atoms with Gasteiger partial charge in [-0.2, -0.15) is 0 Å². The summed E-state index contributed by atoms with van der Waals surface area (Å²) < 4.78 is 5.15. The van der Waals surface area contributed by atoms with Gasteiger partial charge in [0.05, 0.1) is 13.2 Å². The molecule has 1 aromatic carbocycles. The molecule has 0 saturated carbocycles. The zero-order valence-electron chi connectivity index (χ0n) is 10.1. The maximum Gasteiger partial charge on any atom is 0.185 e. The molecule has 3 rings (SSSR count). The van der Waals surface area contributed by atoms with Gasteiger partial charge in [-0.1, -0.05) is 11.2 Å². The van der Waals surface area contributed by atoms with Gasteiger partial charge >= 0.3 is 0 Å². The first-order chi connectivity index (χ1) is 8.74. The van der Waals surface area contributed by atoms with Crippen LogP contribution in [-0.4, -0.2) is 34.9 Å². The third-order valence-electron chi connectivity index (χ3n) is 3.69. The Kier molecular flexibility index (Phi) is 2.47. The number of ether oxygens (including phenoxy) is 1. The van der Waals surface area contributed by atoms with Gasteiger partial charge < -0.3 is 14.8 Å². The molecule has 0 radical (unpaired) electrons. The lowest BCUT2D eigenvalue weighted by atomic mass is 9.93. The summed E-state index contributed by atoms with van der Waals surface area (Å²) in [6, 6.07) is 5.35. The van der Waals surface area contributed by atoms with Gasteiger partial charge in [-0.15, -0.1) is 0 Å². The highest BCUT2D eigenvalue weighted by Crippen LogP contribution is 2.33. The Bertz CT molecular complexity index is 539. The average molecular weight is 246 g/mol. The number of carbonyl (C=O) groups is 1. The molecule has 1 atom stereocenters. The number of fused-ring (bicyclic) bond motifs is 2. The molecule has 0 bridgehead atoms. The van der Waals surface area contributed by atoms with E-state index in [4.69, 9.17) is 9.94 Å². The molecule has 0 aromatic heterocycles. The van der Waals surface area contributed by atoms with E-state index in [-0.39, 0.29) is 11.8 Å². The molecule has 2 aliphatic heterocycles. The van der Waals surface area contributed by atoms with Gasteiger partial charge in [0.15, 0.2) is 5.78 Å². The zero-order valence-corrected chi connectivity index (χ0v) is 10.1. The molecule has 5 nitrogen and oxygen atoms in total. The van der Waals surface area contributed by atoms with Crippen LogP contribution < -0.4 is 4.74 Å². The lowest BCUT2D eigenvalue weighted by Gasteiger charge is -2.31. The minimum absolute atomic E-state index is 0.0915. The molecule has 0 spiro atoms. The summed E-state index contributed by atoms with van der Waals surface area (Å²) >= 11 is 0. The minimum Gasteiger partial charge on any atom is -0.497 e. The van der Waals surface area contributed by atoms with Crippen molar-refractivity contribution < 1.29 is 14.7 Å². The van der Waals surface area contributed by atoms with Crippen molar-refractivity contribution in [1.82, 2.24) is 4.90 Å². The van der Waals surface area contributed by atoms with E-state index in [0.717, 1.165) is 17.5 Å². The van der Waals surface area contributed by atoms with Gasteiger partial charge in [0.2, 0.25) is 0 Å². The van der Waals surface area contributed by atoms with Crippen LogP contribution in [0.4, 0.5) is 0 Å². The second kappa shape index (κ2) is 4.01. The maximum absolute atomic E-state index is 12.4. The van der Waals surface area contributed by atoms with E-state index >= 15 is 0 Å². The Labute approximate surface area is 105 Å². The first-order valence-corrected chi connectivity index (χ1v) is 5.93. The first-order valence-electron chi connectivity index (χ1n) is 5.93. The quantitative estimate of drug-likeness (QED) is 0.604. The number of benzene rings is 1. The van der Waals surface area contributed by atoms with E-state index in [9.17, 15) is 4.79 Å². The number of ketones is 1. The van der Waals surface area contributed by atoms with Crippen LogP contribution in [0.25, 0.3) is 0 Å². The van der Waals surface area contributed by atoms with Gasteiger partial charge in [0, 0.05) is 18.5 Å². The highest BCUT2D eigenvalue weighted by Gasteiger charge is 2.40. The number of nitrogens with zero attached hydrogens (tertiary/aromatic N) is 2. The molecule has 18 heavy (non-hydrogen) atoms. The summed E-state index contributed by atoms with van der Waals surface area (Å²) in [5.41, 5.74) is 1.69. The normalized spacial score (nSPS) is 24.1. The van der Waals surface area contributed by atoms with Gasteiger partial charge in [-0.3, -0.25) is 4.79 Å². The number of hydrogen-bond acceptors (Lipinski definition) is 4. The second-order valence-electron chi connectivity index (χ2n) is 4.59. The lowest BCUT2D eigenvalue weighted by Crippen LogP contribution is -2.42. The Morgan fingerprint density at radius 1 is 1.50 bits per heavy atom. The molecule has 2 aliphatic rings. The summed E-state index contributed by atoms with van der Waals surface area (Å²) in [7, 11) is 1.59. The Balaban J connectivity index is 2.04. The van der Waals surface area contributed by atoms with Crippen molar-refractivity contribution in [2.45, 2.75) is 25.4 Å². The Morgan fingerprint density at radius 2 is 2.33 bits per heavy atom. The molecule has 1 unspecified atom stereocenters. The largest absolute Gasteiger partial charge is 0.497 e. The monoisotopic (exact) mass is 246 g/mol. The molecule has 1 aromatic rings. The van der Waals surface area contributed by atoms with Crippen LogP contribution in [0.3, 0.4) is 0 Å². The molecule has 1 N–H and O–H groups in total. The van der Waals surface area contributed by atoms with E-state index in [2.05, 4.69) is 5.16 Å². The Morgan fingerprint density at radius 3 is 3.06 bits per heavy atom. The van der Waals surface area contributed by atoms with E-state index in [0.29, 0.717) is 24.6 Å². The summed E-state index contributed by atoms with van der Waals surface area (Å²) in [5.74, 6) is 1.40. The fraction of sp³-hybridized carbons (Fsp3) is 0.385. The van der Waals surface area contributed by atoms with Gasteiger partial charge in [-0.25, -0.2) is 0 Å². The molecule has 5 heteroatoms. The fourth-order valence-electron chi connectivity index (χ4n) is 2.74. The molecule has 94 valence electrons. The molecule has 0 aliphatic carbocycles. The fourth-order valence-corrected chi connectivity index (χ4v) is 2.74. The van der Waals surface area contributed by atoms with E-state index in [1.807, 2.05) is 17.0 Å². The van der Waals surface area contributed by atoms with Crippen molar-refractivity contribution in [2.75, 3.05) is 7.11 Å². The SMILES string of the molecule is COc1ccc2c(c1)C(=O)C1CC/C(=N\O)N1C2. The summed E-state index contributed by atoms with van der Waals surface area (Å²) in [6.45, 7) is 0.620. The first kappa shape index (κ1) is 11.1. The standard InChI is InChI=1S/C13H14N2O3/c1-18-9-3-2-8-7-15-11(4-5-12(15)14-17)13(16)10(8)6-9/h2-3,6,11,17H,4-5,7H2,1H3/b14-12+. The van der Waals surface area contributed by atoms with Crippen LogP contribution >= 0.6 is 0 Å². The van der Waals surface area contributed by atoms with Crippen molar-refractivity contribution >= 4 is 11.6 Å². The third kappa shape index (κ3) is 1.47. The number of amidine groups is 1. The van der Waals surface area contributed by atoms with Gasteiger partial charge in [-0.05, 0) is 24.1 Å².